The molecule has 0 aromatic heterocycles. The van der Waals surface area contributed by atoms with E-state index >= 15 is 0 Å². The number of rotatable bonds is 2. The molecule has 7 heteroatoms. The molecule has 0 fully saturated rings. The molecule has 1 aromatic rings. The molecule has 0 aliphatic carbocycles. The number of carbonyl (C=O) groups excluding carboxylic acids is 1. The lowest BCUT2D eigenvalue weighted by atomic mass is 10.1. The van der Waals surface area contributed by atoms with E-state index in [0.717, 1.165) is 0 Å². The van der Waals surface area contributed by atoms with Crippen LogP contribution in [0.2, 0.25) is 0 Å². The quantitative estimate of drug-likeness (QED) is 0.570. The summed E-state index contributed by atoms with van der Waals surface area (Å²) in [6, 6.07) is 5.17. The molecule has 0 N–H and O–H groups in total. The SMILES string of the molecule is O=C(CBr)c1ccc2c(c1)OCCOCCOCCOCCO2. The van der Waals surface area contributed by atoms with Gasteiger partial charge in [-0.1, -0.05) is 15.9 Å². The zero-order valence-corrected chi connectivity index (χ0v) is 14.5. The second kappa shape index (κ2) is 10.6. The highest BCUT2D eigenvalue weighted by molar-refractivity contribution is 9.09. The molecule has 1 aliphatic heterocycles. The van der Waals surface area contributed by atoms with Crippen LogP contribution in [0.15, 0.2) is 18.2 Å². The summed E-state index contributed by atoms with van der Waals surface area (Å²) in [4.78, 5) is 11.8. The zero-order chi connectivity index (χ0) is 16.3. The highest BCUT2D eigenvalue weighted by Crippen LogP contribution is 2.29. The second-order valence-corrected chi connectivity index (χ2v) is 5.31. The molecule has 0 saturated carbocycles. The minimum Gasteiger partial charge on any atom is -0.487 e. The average molecular weight is 389 g/mol. The van der Waals surface area contributed by atoms with Crippen molar-refractivity contribution in [2.24, 2.45) is 0 Å². The Morgan fingerprint density at radius 2 is 1.35 bits per heavy atom. The Bertz CT molecular complexity index is 493. The first-order chi connectivity index (χ1) is 11.3. The van der Waals surface area contributed by atoms with E-state index in [-0.39, 0.29) is 11.1 Å². The molecular weight excluding hydrogens is 368 g/mol. The lowest BCUT2D eigenvalue weighted by Gasteiger charge is -2.14. The van der Waals surface area contributed by atoms with Crippen molar-refractivity contribution in [2.45, 2.75) is 0 Å². The third kappa shape index (κ3) is 6.47. The third-order valence-corrected chi connectivity index (χ3v) is 3.61. The van der Waals surface area contributed by atoms with E-state index in [9.17, 15) is 4.79 Å². The molecule has 23 heavy (non-hydrogen) atoms. The van der Waals surface area contributed by atoms with Crippen LogP contribution >= 0.6 is 15.9 Å². The van der Waals surface area contributed by atoms with Crippen LogP contribution in [0.1, 0.15) is 10.4 Å². The number of ketones is 1. The van der Waals surface area contributed by atoms with Gasteiger partial charge in [-0.05, 0) is 18.2 Å². The molecule has 0 spiro atoms. The monoisotopic (exact) mass is 388 g/mol. The molecule has 0 bridgehead atoms. The fraction of sp³-hybridized carbons (Fsp3) is 0.562. The number of halogens is 1. The van der Waals surface area contributed by atoms with Gasteiger partial charge in [0.25, 0.3) is 0 Å². The summed E-state index contributed by atoms with van der Waals surface area (Å²) in [5.41, 5.74) is 0.577. The maximum atomic E-state index is 11.8. The van der Waals surface area contributed by atoms with Crippen molar-refractivity contribution in [3.63, 3.8) is 0 Å². The van der Waals surface area contributed by atoms with Crippen molar-refractivity contribution in [2.75, 3.05) is 58.2 Å². The first-order valence-corrected chi connectivity index (χ1v) is 8.65. The second-order valence-electron chi connectivity index (χ2n) is 4.75. The van der Waals surface area contributed by atoms with E-state index < -0.39 is 0 Å². The molecule has 0 atom stereocenters. The third-order valence-electron chi connectivity index (χ3n) is 3.10. The van der Waals surface area contributed by atoms with Crippen LogP contribution in [0.3, 0.4) is 0 Å². The van der Waals surface area contributed by atoms with Gasteiger partial charge in [0.05, 0.1) is 45.0 Å². The van der Waals surface area contributed by atoms with E-state index in [4.69, 9.17) is 23.7 Å². The molecule has 0 unspecified atom stereocenters. The van der Waals surface area contributed by atoms with Crippen LogP contribution < -0.4 is 9.47 Å². The molecule has 0 amide bonds. The van der Waals surface area contributed by atoms with Gasteiger partial charge in [-0.25, -0.2) is 0 Å². The molecule has 0 radical (unpaired) electrons. The van der Waals surface area contributed by atoms with Gasteiger partial charge in [0.2, 0.25) is 0 Å². The molecule has 6 nitrogen and oxygen atoms in total. The predicted molar refractivity (Wildman–Crippen MR) is 88.0 cm³/mol. The molecule has 2 rings (SSSR count). The number of fused-ring (bicyclic) bond motifs is 1. The first kappa shape index (κ1) is 18.2. The Labute approximate surface area is 144 Å². The number of hydrogen-bond acceptors (Lipinski definition) is 6. The van der Waals surface area contributed by atoms with Crippen LogP contribution in [-0.4, -0.2) is 64.0 Å². The molecular formula is C16H21BrO6. The molecule has 1 aliphatic rings. The van der Waals surface area contributed by atoms with Crippen molar-refractivity contribution < 1.29 is 28.5 Å². The largest absolute Gasteiger partial charge is 0.487 e. The van der Waals surface area contributed by atoms with Gasteiger partial charge < -0.3 is 23.7 Å². The van der Waals surface area contributed by atoms with Gasteiger partial charge in [0.15, 0.2) is 17.3 Å². The van der Waals surface area contributed by atoms with Gasteiger partial charge >= 0.3 is 0 Å². The Morgan fingerprint density at radius 3 is 1.91 bits per heavy atom. The number of carbonyl (C=O) groups is 1. The lowest BCUT2D eigenvalue weighted by molar-refractivity contribution is 0.00708. The van der Waals surface area contributed by atoms with Crippen LogP contribution in [0.25, 0.3) is 0 Å². The number of alkyl halides is 1. The van der Waals surface area contributed by atoms with Crippen LogP contribution in [0, 0.1) is 0 Å². The van der Waals surface area contributed by atoms with E-state index in [2.05, 4.69) is 15.9 Å². The highest BCUT2D eigenvalue weighted by Gasteiger charge is 2.11. The lowest BCUT2D eigenvalue weighted by Crippen LogP contribution is -2.13. The summed E-state index contributed by atoms with van der Waals surface area (Å²) >= 11 is 3.17. The molecule has 1 aromatic carbocycles. The van der Waals surface area contributed by atoms with Crippen molar-refractivity contribution in [3.05, 3.63) is 23.8 Å². The Morgan fingerprint density at radius 1 is 0.826 bits per heavy atom. The number of Topliss-reactive ketones (excluding diaryl/α,β-unsaturated/α-hetero) is 1. The summed E-state index contributed by atoms with van der Waals surface area (Å²) in [5, 5.41) is 0.267. The van der Waals surface area contributed by atoms with Crippen molar-refractivity contribution in [1.82, 2.24) is 0 Å². The summed E-state index contributed by atoms with van der Waals surface area (Å²) in [5.74, 6) is 1.11. The Kier molecular flexibility index (Phi) is 8.38. The van der Waals surface area contributed by atoms with E-state index in [1.165, 1.54) is 0 Å². The van der Waals surface area contributed by atoms with Gasteiger partial charge in [0.1, 0.15) is 13.2 Å². The van der Waals surface area contributed by atoms with Crippen LogP contribution in [0.5, 0.6) is 11.5 Å². The molecule has 128 valence electrons. The van der Waals surface area contributed by atoms with E-state index in [1.54, 1.807) is 18.2 Å². The minimum atomic E-state index is -0.0102. The maximum Gasteiger partial charge on any atom is 0.173 e. The Balaban J connectivity index is 2.04. The van der Waals surface area contributed by atoms with E-state index in [1.807, 2.05) is 0 Å². The van der Waals surface area contributed by atoms with Gasteiger partial charge in [-0.3, -0.25) is 4.79 Å². The fourth-order valence-electron chi connectivity index (χ4n) is 1.95. The van der Waals surface area contributed by atoms with Crippen molar-refractivity contribution in [3.8, 4) is 11.5 Å². The standard InChI is InChI=1S/C16H21BrO6/c17-12-14(18)13-1-2-15-16(11-13)23-10-8-21-6-4-19-3-5-20-7-9-22-15/h1-2,11H,3-10,12H2. The van der Waals surface area contributed by atoms with Gasteiger partial charge in [-0.2, -0.15) is 0 Å². The van der Waals surface area contributed by atoms with Gasteiger partial charge in [-0.15, -0.1) is 0 Å². The topological polar surface area (TPSA) is 63.2 Å². The first-order valence-electron chi connectivity index (χ1n) is 7.53. The molecule has 0 saturated heterocycles. The van der Waals surface area contributed by atoms with Crippen molar-refractivity contribution in [1.29, 1.82) is 0 Å². The zero-order valence-electron chi connectivity index (χ0n) is 12.9. The average Bonchev–Trinajstić information content (AvgIpc) is 2.59. The fourth-order valence-corrected chi connectivity index (χ4v) is 2.28. The van der Waals surface area contributed by atoms with Crippen LogP contribution in [-0.2, 0) is 14.2 Å². The summed E-state index contributed by atoms with van der Waals surface area (Å²) in [7, 11) is 0. The summed E-state index contributed by atoms with van der Waals surface area (Å²) in [6.07, 6.45) is 0. The number of ether oxygens (including phenoxy) is 5. The van der Waals surface area contributed by atoms with Crippen molar-refractivity contribution >= 4 is 21.7 Å². The number of benzene rings is 1. The molecule has 1 heterocycles. The Hall–Kier alpha value is -1.15. The number of hydrogen-bond donors (Lipinski definition) is 0. The maximum absolute atomic E-state index is 11.8. The summed E-state index contributed by atoms with van der Waals surface area (Å²) in [6.45, 7) is 3.77. The van der Waals surface area contributed by atoms with E-state index in [0.29, 0.717) is 69.9 Å². The highest BCUT2D eigenvalue weighted by atomic mass is 79.9. The smallest absolute Gasteiger partial charge is 0.173 e. The van der Waals surface area contributed by atoms with Crippen LogP contribution in [0.4, 0.5) is 0 Å². The summed E-state index contributed by atoms with van der Waals surface area (Å²) < 4.78 is 27.6. The van der Waals surface area contributed by atoms with Gasteiger partial charge in [0, 0.05) is 5.56 Å². The normalized spacial score (nSPS) is 17.8. The minimum absolute atomic E-state index is 0.0102. The predicted octanol–water partition coefficient (Wildman–Crippen LogP) is 2.09.